The van der Waals surface area contributed by atoms with E-state index in [0.29, 0.717) is 32.1 Å². The number of carbonyl (C=O) groups excluding carboxylic acids is 5. The zero-order valence-electron chi connectivity index (χ0n) is 32.4. The van der Waals surface area contributed by atoms with Crippen molar-refractivity contribution in [1.29, 1.82) is 0 Å². The number of nitrogens with one attached hydrogen (secondary N) is 4. The lowest BCUT2D eigenvalue weighted by atomic mass is 9.80. The normalized spacial score (nSPS) is 22.3. The van der Waals surface area contributed by atoms with Gasteiger partial charge in [-0.3, -0.25) is 19.2 Å². The number of nitrogens with zero attached hydrogens (tertiary/aromatic N) is 1. The minimum atomic E-state index is -3.57. The third kappa shape index (κ3) is 11.0. The second-order valence-corrected chi connectivity index (χ2v) is 20.3. The van der Waals surface area contributed by atoms with Crippen LogP contribution in [0.5, 0.6) is 0 Å². The molecule has 5 amide bonds. The molecule has 3 fully saturated rings. The molecule has 1 unspecified atom stereocenters. The number of amides is 5. The first-order valence-electron chi connectivity index (χ1n) is 19.0. The van der Waals surface area contributed by atoms with Gasteiger partial charge in [-0.25, -0.2) is 13.2 Å². The van der Waals surface area contributed by atoms with E-state index in [1.54, 1.807) is 26.8 Å². The Kier molecular flexibility index (Phi) is 14.4. The molecule has 12 nitrogen and oxygen atoms in total. The Morgan fingerprint density at radius 1 is 0.922 bits per heavy atom. The lowest BCUT2D eigenvalue weighted by molar-refractivity contribution is -0.145. The Hall–Kier alpha value is -2.96. The number of hydrogen-bond acceptors (Lipinski definition) is 7. The van der Waals surface area contributed by atoms with Gasteiger partial charge < -0.3 is 26.2 Å². The molecule has 4 atom stereocenters. The van der Waals surface area contributed by atoms with E-state index in [1.165, 1.54) is 4.90 Å². The molecule has 0 aromatic carbocycles. The summed E-state index contributed by atoms with van der Waals surface area (Å²) in [7, 11) is -3.57. The fraction of sp³-hybridized carbons (Fsp3) is 0.816. The van der Waals surface area contributed by atoms with Crippen LogP contribution in [0.1, 0.15) is 126 Å². The SMILES string of the molecule is C=CCCNC(=O)C(=O)C(CC1CCC1)NC(=O)[C@@H]1[C@@H](C(C)C)CCN1C(=O)[C@@H](NC(=O)NC1(CS(=O)(=O)C(C)(C)C)CCCCC1)C(C)(C)C. The second-order valence-electron chi connectivity index (χ2n) is 17.6. The summed E-state index contributed by atoms with van der Waals surface area (Å²) in [5.74, 6) is -2.52. The Labute approximate surface area is 306 Å². The van der Waals surface area contributed by atoms with Crippen LogP contribution in [0, 0.1) is 23.2 Å². The topological polar surface area (TPSA) is 171 Å². The molecule has 13 heteroatoms. The number of carbonyl (C=O) groups is 5. The van der Waals surface area contributed by atoms with Crippen LogP contribution < -0.4 is 21.3 Å². The van der Waals surface area contributed by atoms with Crippen molar-refractivity contribution >= 4 is 39.4 Å². The van der Waals surface area contributed by atoms with Crippen LogP contribution in [0.2, 0.25) is 0 Å². The van der Waals surface area contributed by atoms with E-state index in [-0.39, 0.29) is 36.6 Å². The summed E-state index contributed by atoms with van der Waals surface area (Å²) in [6.45, 7) is 18.6. The molecule has 0 aromatic heterocycles. The maximum Gasteiger partial charge on any atom is 0.315 e. The fourth-order valence-corrected chi connectivity index (χ4v) is 9.04. The number of urea groups is 1. The molecule has 1 aliphatic heterocycles. The van der Waals surface area contributed by atoms with Gasteiger partial charge in [-0.2, -0.15) is 0 Å². The largest absolute Gasteiger partial charge is 0.349 e. The number of rotatable bonds is 15. The van der Waals surface area contributed by atoms with Crippen LogP contribution in [0.3, 0.4) is 0 Å². The quantitative estimate of drug-likeness (QED) is 0.110. The zero-order valence-corrected chi connectivity index (χ0v) is 33.2. The van der Waals surface area contributed by atoms with Gasteiger partial charge in [0.25, 0.3) is 5.91 Å². The van der Waals surface area contributed by atoms with Gasteiger partial charge in [0.15, 0.2) is 9.84 Å². The molecule has 0 bridgehead atoms. The van der Waals surface area contributed by atoms with Gasteiger partial charge in [-0.05, 0) is 76.0 Å². The minimum absolute atomic E-state index is 0.0294. The Morgan fingerprint density at radius 2 is 1.55 bits per heavy atom. The zero-order chi connectivity index (χ0) is 38.4. The number of ketones is 1. The molecule has 1 saturated heterocycles. The highest BCUT2D eigenvalue weighted by molar-refractivity contribution is 7.92. The molecule has 290 valence electrons. The molecular weight excluding hydrogens is 671 g/mol. The van der Waals surface area contributed by atoms with E-state index in [1.807, 2.05) is 34.6 Å². The molecule has 2 aliphatic carbocycles. The Bertz CT molecular complexity index is 1390. The Morgan fingerprint density at radius 3 is 2.06 bits per heavy atom. The summed E-state index contributed by atoms with van der Waals surface area (Å²) in [6.07, 6.45) is 9.48. The monoisotopic (exact) mass is 735 g/mol. The van der Waals surface area contributed by atoms with E-state index in [0.717, 1.165) is 38.5 Å². The van der Waals surface area contributed by atoms with Crippen LogP contribution in [0.25, 0.3) is 0 Å². The van der Waals surface area contributed by atoms with Crippen molar-refractivity contribution < 1.29 is 32.4 Å². The highest BCUT2D eigenvalue weighted by Crippen LogP contribution is 2.36. The van der Waals surface area contributed by atoms with Gasteiger partial charge in [0.05, 0.1) is 22.1 Å². The molecule has 4 N–H and O–H groups in total. The lowest BCUT2D eigenvalue weighted by Crippen LogP contribution is -2.64. The predicted octanol–water partition coefficient (Wildman–Crippen LogP) is 4.43. The van der Waals surface area contributed by atoms with Gasteiger partial charge >= 0.3 is 6.03 Å². The number of Topliss-reactive ketones (excluding diaryl/α,β-unsaturated/α-hetero) is 1. The van der Waals surface area contributed by atoms with Gasteiger partial charge in [0.2, 0.25) is 17.6 Å². The lowest BCUT2D eigenvalue weighted by Gasteiger charge is -2.41. The van der Waals surface area contributed by atoms with Gasteiger partial charge in [0, 0.05) is 13.1 Å². The minimum Gasteiger partial charge on any atom is -0.349 e. The molecule has 0 radical (unpaired) electrons. The van der Waals surface area contributed by atoms with Crippen molar-refractivity contribution in [3.05, 3.63) is 12.7 Å². The summed E-state index contributed by atoms with van der Waals surface area (Å²) in [6, 6.07) is -3.59. The highest BCUT2D eigenvalue weighted by Gasteiger charge is 2.49. The first kappa shape index (κ1) is 42.5. The maximum atomic E-state index is 14.5. The average molecular weight is 736 g/mol. The summed E-state index contributed by atoms with van der Waals surface area (Å²) in [5, 5.41) is 11.4. The molecule has 0 spiro atoms. The second kappa shape index (κ2) is 17.2. The summed E-state index contributed by atoms with van der Waals surface area (Å²) < 4.78 is 25.7. The third-order valence-corrected chi connectivity index (χ3v) is 13.9. The standard InChI is InChI=1S/C38H65N5O7S/c1-10-11-21-39-33(46)30(44)28(23-26-16-15-17-26)40-32(45)29-27(25(2)3)18-22-43(29)34(47)31(36(4,5)6)41-35(48)42-38(19-13-12-14-20-38)24-51(49,50)37(7,8)9/h10,25-29,31H,1,11-24H2,2-9H3,(H,39,46)(H,40,45)(H2,41,42,48)/t27-,28?,29+,31-/m1/s1. The summed E-state index contributed by atoms with van der Waals surface area (Å²) in [5.41, 5.74) is -1.73. The van der Waals surface area contributed by atoms with Gasteiger partial charge in [0.1, 0.15) is 12.1 Å². The number of sulfone groups is 1. The number of hydrogen-bond donors (Lipinski definition) is 4. The van der Waals surface area contributed by atoms with Crippen LogP contribution >= 0.6 is 0 Å². The smallest absolute Gasteiger partial charge is 0.315 e. The third-order valence-electron chi connectivity index (χ3n) is 11.1. The van der Waals surface area contributed by atoms with Crippen LogP contribution in [-0.2, 0) is 29.0 Å². The predicted molar refractivity (Wildman–Crippen MR) is 199 cm³/mol. The van der Waals surface area contributed by atoms with Crippen molar-refractivity contribution in [2.45, 2.75) is 154 Å². The molecular formula is C38H65N5O7S. The summed E-state index contributed by atoms with van der Waals surface area (Å²) in [4.78, 5) is 70.2. The first-order valence-corrected chi connectivity index (χ1v) is 20.6. The van der Waals surface area contributed by atoms with Crippen LogP contribution in [0.4, 0.5) is 4.79 Å². The fourth-order valence-electron chi connectivity index (χ4n) is 7.52. The van der Waals surface area contributed by atoms with Crippen molar-refractivity contribution in [2.24, 2.45) is 23.2 Å². The average Bonchev–Trinajstić information content (AvgIpc) is 3.45. The highest BCUT2D eigenvalue weighted by atomic mass is 32.2. The maximum absolute atomic E-state index is 14.5. The molecule has 1 heterocycles. The molecule has 51 heavy (non-hydrogen) atoms. The molecule has 3 aliphatic rings. The number of likely N-dealkylation sites (tertiary alicyclic amines) is 1. The molecule has 0 aromatic rings. The van der Waals surface area contributed by atoms with Crippen LogP contribution in [0.15, 0.2) is 12.7 Å². The van der Waals surface area contributed by atoms with Gasteiger partial charge in [-0.15, -0.1) is 6.58 Å². The van der Waals surface area contributed by atoms with Crippen molar-refractivity contribution in [3.8, 4) is 0 Å². The van der Waals surface area contributed by atoms with E-state index < -0.39 is 73.2 Å². The summed E-state index contributed by atoms with van der Waals surface area (Å²) >= 11 is 0. The first-order chi connectivity index (χ1) is 23.6. The van der Waals surface area contributed by atoms with Crippen molar-refractivity contribution in [3.63, 3.8) is 0 Å². The molecule has 3 rings (SSSR count). The van der Waals surface area contributed by atoms with E-state index >= 15 is 0 Å². The van der Waals surface area contributed by atoms with Gasteiger partial charge in [-0.1, -0.05) is 79.2 Å². The Balaban J connectivity index is 1.86. The van der Waals surface area contributed by atoms with Crippen molar-refractivity contribution in [2.75, 3.05) is 18.8 Å². The van der Waals surface area contributed by atoms with Crippen molar-refractivity contribution in [1.82, 2.24) is 26.2 Å². The van der Waals surface area contributed by atoms with E-state index in [2.05, 4.69) is 27.8 Å². The van der Waals surface area contributed by atoms with E-state index in [4.69, 9.17) is 0 Å². The molecule has 2 saturated carbocycles. The van der Waals surface area contributed by atoms with Crippen LogP contribution in [-0.4, -0.2) is 90.1 Å². The van der Waals surface area contributed by atoms with E-state index in [9.17, 15) is 32.4 Å².